The van der Waals surface area contributed by atoms with Crippen LogP contribution in [-0.4, -0.2) is 54.8 Å². The van der Waals surface area contributed by atoms with Gasteiger partial charge in [-0.15, -0.1) is 0 Å². The minimum atomic E-state index is -1.10. The lowest BCUT2D eigenvalue weighted by Gasteiger charge is -2.31. The number of para-hydroxylation sites is 1. The van der Waals surface area contributed by atoms with Gasteiger partial charge in [0.2, 0.25) is 5.91 Å². The average molecular weight is 519 g/mol. The predicted octanol–water partition coefficient (Wildman–Crippen LogP) is 5.22. The van der Waals surface area contributed by atoms with Gasteiger partial charge in [-0.25, -0.2) is 9.59 Å². The minimum Gasteiger partial charge on any atom is -0.493 e. The Hall–Kier alpha value is -4.53. The lowest BCUT2D eigenvalue weighted by molar-refractivity contribution is -0.115. The third-order valence-corrected chi connectivity index (χ3v) is 6.22. The van der Waals surface area contributed by atoms with Crippen LogP contribution in [0.1, 0.15) is 28.8 Å². The number of aromatic carboxylic acids is 1. The smallest absolute Gasteiger partial charge is 0.409 e. The van der Waals surface area contributed by atoms with Crippen molar-refractivity contribution in [1.82, 2.24) is 4.90 Å². The number of nitrogens with zero attached hydrogens (tertiary/aromatic N) is 1. The summed E-state index contributed by atoms with van der Waals surface area (Å²) in [5, 5.41) is 11.9. The van der Waals surface area contributed by atoms with E-state index in [1.165, 1.54) is 13.2 Å². The molecule has 1 atom stereocenters. The molecule has 0 aliphatic carbocycles. The standard InChI is InChI=1S/C29H30N2O7/c1-36-29(35)31-16-4-5-21(18-31)19-37-22-12-14-24(15-13-22)38-23-10-8-20(9-11-23)17-27(32)30-26-7-3-2-6-25(26)28(33)34/h2-3,6-15,21H,4-5,16-19H2,1H3,(H,30,32)(H,33,34). The largest absolute Gasteiger partial charge is 0.493 e. The summed E-state index contributed by atoms with van der Waals surface area (Å²) in [4.78, 5) is 37.2. The van der Waals surface area contributed by atoms with Gasteiger partial charge < -0.3 is 29.5 Å². The number of hydrogen-bond donors (Lipinski definition) is 2. The molecule has 2 amide bonds. The second kappa shape index (κ2) is 12.6. The lowest BCUT2D eigenvalue weighted by atomic mass is 9.99. The molecule has 1 heterocycles. The fourth-order valence-electron chi connectivity index (χ4n) is 4.28. The quantitative estimate of drug-likeness (QED) is 0.399. The lowest BCUT2D eigenvalue weighted by Crippen LogP contribution is -2.41. The van der Waals surface area contributed by atoms with E-state index in [2.05, 4.69) is 5.32 Å². The molecule has 9 nitrogen and oxygen atoms in total. The first-order valence-electron chi connectivity index (χ1n) is 12.4. The Balaban J connectivity index is 1.25. The summed E-state index contributed by atoms with van der Waals surface area (Å²) in [7, 11) is 1.39. The van der Waals surface area contributed by atoms with Gasteiger partial charge in [0.15, 0.2) is 0 Å². The number of anilines is 1. The number of amides is 2. The number of nitrogens with one attached hydrogen (secondary N) is 1. The number of ether oxygens (including phenoxy) is 3. The fourth-order valence-corrected chi connectivity index (χ4v) is 4.28. The molecule has 0 radical (unpaired) electrons. The summed E-state index contributed by atoms with van der Waals surface area (Å²) in [6.07, 6.45) is 1.73. The highest BCUT2D eigenvalue weighted by molar-refractivity contribution is 6.01. The van der Waals surface area contributed by atoms with Crippen molar-refractivity contribution in [3.05, 3.63) is 83.9 Å². The van der Waals surface area contributed by atoms with E-state index in [1.54, 1.807) is 47.4 Å². The average Bonchev–Trinajstić information content (AvgIpc) is 2.93. The molecule has 1 unspecified atom stereocenters. The van der Waals surface area contributed by atoms with Crippen LogP contribution in [0.5, 0.6) is 17.2 Å². The highest BCUT2D eigenvalue weighted by Gasteiger charge is 2.24. The highest BCUT2D eigenvalue weighted by Crippen LogP contribution is 2.26. The Kier molecular flexibility index (Phi) is 8.81. The van der Waals surface area contributed by atoms with Gasteiger partial charge in [-0.3, -0.25) is 4.79 Å². The van der Waals surface area contributed by atoms with Crippen LogP contribution in [-0.2, 0) is 16.0 Å². The van der Waals surface area contributed by atoms with Crippen LogP contribution in [0.4, 0.5) is 10.5 Å². The number of piperidine rings is 1. The van der Waals surface area contributed by atoms with Crippen LogP contribution in [0.2, 0.25) is 0 Å². The van der Waals surface area contributed by atoms with Gasteiger partial charge in [-0.1, -0.05) is 24.3 Å². The number of rotatable bonds is 9. The van der Waals surface area contributed by atoms with Gasteiger partial charge in [0.1, 0.15) is 17.2 Å². The minimum absolute atomic E-state index is 0.0419. The van der Waals surface area contributed by atoms with Gasteiger partial charge in [0, 0.05) is 19.0 Å². The molecule has 198 valence electrons. The SMILES string of the molecule is COC(=O)N1CCCC(COc2ccc(Oc3ccc(CC(=O)Nc4ccccc4C(=O)O)cc3)cc2)C1. The molecule has 38 heavy (non-hydrogen) atoms. The molecule has 3 aromatic rings. The topological polar surface area (TPSA) is 114 Å². The molecular formula is C29H30N2O7. The molecule has 0 aromatic heterocycles. The van der Waals surface area contributed by atoms with E-state index in [1.807, 2.05) is 24.3 Å². The van der Waals surface area contributed by atoms with Crippen LogP contribution in [0.25, 0.3) is 0 Å². The molecule has 1 fully saturated rings. The van der Waals surface area contributed by atoms with Gasteiger partial charge in [0.05, 0.1) is 31.4 Å². The van der Waals surface area contributed by atoms with Crippen LogP contribution < -0.4 is 14.8 Å². The van der Waals surface area contributed by atoms with Gasteiger partial charge >= 0.3 is 12.1 Å². The Morgan fingerprint density at radius 1 is 0.947 bits per heavy atom. The summed E-state index contributed by atoms with van der Waals surface area (Å²) in [6.45, 7) is 1.86. The fraction of sp³-hybridized carbons (Fsp3) is 0.276. The molecule has 4 rings (SSSR count). The van der Waals surface area contributed by atoms with E-state index in [-0.39, 0.29) is 35.6 Å². The molecule has 0 bridgehead atoms. The Bertz CT molecular complexity index is 1260. The zero-order valence-electron chi connectivity index (χ0n) is 21.1. The number of carbonyl (C=O) groups excluding carboxylic acids is 2. The normalized spacial score (nSPS) is 14.9. The molecule has 0 saturated carbocycles. The van der Waals surface area contributed by atoms with Gasteiger partial charge in [-0.2, -0.15) is 0 Å². The zero-order chi connectivity index (χ0) is 26.9. The van der Waals surface area contributed by atoms with Crippen molar-refractivity contribution in [2.75, 3.05) is 32.1 Å². The third-order valence-electron chi connectivity index (χ3n) is 6.22. The number of likely N-dealkylation sites (tertiary alicyclic amines) is 1. The summed E-state index contributed by atoms with van der Waals surface area (Å²) >= 11 is 0. The molecular weight excluding hydrogens is 488 g/mol. The molecule has 9 heteroatoms. The Morgan fingerprint density at radius 3 is 2.29 bits per heavy atom. The first-order valence-corrected chi connectivity index (χ1v) is 12.4. The van der Waals surface area contributed by atoms with E-state index in [9.17, 15) is 19.5 Å². The van der Waals surface area contributed by atoms with Crippen molar-refractivity contribution in [3.63, 3.8) is 0 Å². The van der Waals surface area contributed by atoms with E-state index in [0.717, 1.165) is 24.2 Å². The number of benzene rings is 3. The monoisotopic (exact) mass is 518 g/mol. The van der Waals surface area contributed by atoms with Crippen molar-refractivity contribution in [2.24, 2.45) is 5.92 Å². The van der Waals surface area contributed by atoms with Crippen molar-refractivity contribution in [2.45, 2.75) is 19.3 Å². The molecule has 0 spiro atoms. The maximum Gasteiger partial charge on any atom is 0.409 e. The Labute approximate surface area is 220 Å². The van der Waals surface area contributed by atoms with Crippen LogP contribution >= 0.6 is 0 Å². The van der Waals surface area contributed by atoms with Crippen molar-refractivity contribution < 1.29 is 33.7 Å². The van der Waals surface area contributed by atoms with Crippen LogP contribution in [0, 0.1) is 5.92 Å². The second-order valence-electron chi connectivity index (χ2n) is 9.03. The summed E-state index contributed by atoms with van der Waals surface area (Å²) < 4.78 is 16.6. The van der Waals surface area contributed by atoms with Crippen molar-refractivity contribution in [1.29, 1.82) is 0 Å². The zero-order valence-corrected chi connectivity index (χ0v) is 21.1. The molecule has 1 aliphatic rings. The third kappa shape index (κ3) is 7.25. The first-order chi connectivity index (χ1) is 18.4. The molecule has 1 saturated heterocycles. The maximum atomic E-state index is 12.4. The van der Waals surface area contributed by atoms with E-state index in [4.69, 9.17) is 14.2 Å². The van der Waals surface area contributed by atoms with Gasteiger partial charge in [0.25, 0.3) is 0 Å². The highest BCUT2D eigenvalue weighted by atomic mass is 16.5. The molecule has 1 aliphatic heterocycles. The second-order valence-corrected chi connectivity index (χ2v) is 9.03. The van der Waals surface area contributed by atoms with Crippen LogP contribution in [0.15, 0.2) is 72.8 Å². The number of carbonyl (C=O) groups is 3. The molecule has 2 N–H and O–H groups in total. The number of hydrogen-bond acceptors (Lipinski definition) is 6. The Morgan fingerprint density at radius 2 is 1.61 bits per heavy atom. The number of carboxylic acids is 1. The molecule has 3 aromatic carbocycles. The van der Waals surface area contributed by atoms with E-state index in [0.29, 0.717) is 31.2 Å². The predicted molar refractivity (Wildman–Crippen MR) is 141 cm³/mol. The maximum absolute atomic E-state index is 12.4. The van der Waals surface area contributed by atoms with E-state index < -0.39 is 5.97 Å². The van der Waals surface area contributed by atoms with Gasteiger partial charge in [-0.05, 0) is 66.9 Å². The summed E-state index contributed by atoms with van der Waals surface area (Å²) in [6, 6.07) is 20.7. The van der Waals surface area contributed by atoms with Crippen molar-refractivity contribution in [3.8, 4) is 17.2 Å². The number of carboxylic acid groups (broad SMARTS) is 1. The van der Waals surface area contributed by atoms with Crippen molar-refractivity contribution >= 4 is 23.7 Å². The summed E-state index contributed by atoms with van der Waals surface area (Å²) in [5.74, 6) is 0.823. The van der Waals surface area contributed by atoms with E-state index >= 15 is 0 Å². The summed E-state index contributed by atoms with van der Waals surface area (Å²) in [5.41, 5.74) is 1.07. The number of methoxy groups -OCH3 is 1. The first kappa shape index (κ1) is 26.5. The van der Waals surface area contributed by atoms with Crippen LogP contribution in [0.3, 0.4) is 0 Å².